The number of benzene rings is 2. The van der Waals surface area contributed by atoms with Gasteiger partial charge in [-0.25, -0.2) is 4.39 Å². The molecule has 0 fully saturated rings. The van der Waals surface area contributed by atoms with Gasteiger partial charge in [-0.1, -0.05) is 32.9 Å². The highest BCUT2D eigenvalue weighted by atomic mass is 19.1. The van der Waals surface area contributed by atoms with Gasteiger partial charge in [0.2, 0.25) is 0 Å². The molecule has 1 N–H and O–H groups in total. The maximum atomic E-state index is 14.2. The zero-order valence-corrected chi connectivity index (χ0v) is 13.8. The minimum Gasteiger partial charge on any atom is -0.322 e. The predicted octanol–water partition coefficient (Wildman–Crippen LogP) is 4.99. The highest BCUT2D eigenvalue weighted by Crippen LogP contribution is 2.28. The lowest BCUT2D eigenvalue weighted by Gasteiger charge is -2.22. The van der Waals surface area contributed by atoms with Crippen molar-refractivity contribution in [3.63, 3.8) is 0 Å². The van der Waals surface area contributed by atoms with E-state index in [1.54, 1.807) is 12.1 Å². The van der Waals surface area contributed by atoms with Crippen molar-refractivity contribution in [1.29, 1.82) is 0 Å². The van der Waals surface area contributed by atoms with Crippen LogP contribution in [0.5, 0.6) is 0 Å². The van der Waals surface area contributed by atoms with Crippen LogP contribution in [0.2, 0.25) is 0 Å². The third-order valence-corrected chi connectivity index (χ3v) is 3.64. The lowest BCUT2D eigenvalue weighted by atomic mass is 9.83. The number of amides is 1. The first-order chi connectivity index (χ1) is 10.2. The second-order valence-corrected chi connectivity index (χ2v) is 6.72. The first-order valence-corrected chi connectivity index (χ1v) is 7.37. The van der Waals surface area contributed by atoms with E-state index < -0.39 is 11.7 Å². The van der Waals surface area contributed by atoms with Crippen LogP contribution in [0, 0.1) is 19.7 Å². The summed E-state index contributed by atoms with van der Waals surface area (Å²) in [5.74, 6) is -0.913. The molecule has 2 rings (SSSR count). The Balaban J connectivity index is 2.37. The molecule has 0 aliphatic heterocycles. The molecule has 2 nitrogen and oxygen atoms in total. The minimum absolute atomic E-state index is 0.0806. The number of aryl methyl sites for hydroxylation is 2. The molecule has 0 heterocycles. The maximum absolute atomic E-state index is 14.2. The first kappa shape index (κ1) is 16.2. The molecule has 0 saturated heterocycles. The standard InChI is InChI=1S/C19H22FNO/c1-12-7-6-8-14(9-12)21-18(22)15-11-16(19(3,4)5)13(2)10-17(15)20/h6-11H,1-5H3,(H,21,22). The van der Waals surface area contributed by atoms with Gasteiger partial charge >= 0.3 is 0 Å². The van der Waals surface area contributed by atoms with E-state index in [4.69, 9.17) is 0 Å². The van der Waals surface area contributed by atoms with E-state index in [9.17, 15) is 9.18 Å². The molecule has 0 radical (unpaired) electrons. The van der Waals surface area contributed by atoms with E-state index in [0.29, 0.717) is 5.69 Å². The SMILES string of the molecule is Cc1cccc(NC(=O)c2cc(C(C)(C)C)c(C)cc2F)c1. The van der Waals surface area contributed by atoms with Gasteiger partial charge in [-0.3, -0.25) is 4.79 Å². The zero-order valence-electron chi connectivity index (χ0n) is 13.8. The molecule has 0 saturated carbocycles. The monoisotopic (exact) mass is 299 g/mol. The number of hydrogen-bond acceptors (Lipinski definition) is 1. The lowest BCUT2D eigenvalue weighted by molar-refractivity contribution is 0.102. The summed E-state index contributed by atoms with van der Waals surface area (Å²) in [6.45, 7) is 9.96. The summed E-state index contributed by atoms with van der Waals surface area (Å²) in [5.41, 5.74) is 3.48. The highest BCUT2D eigenvalue weighted by Gasteiger charge is 2.21. The summed E-state index contributed by atoms with van der Waals surface area (Å²) < 4.78 is 14.2. The highest BCUT2D eigenvalue weighted by molar-refractivity contribution is 6.04. The molecule has 0 aliphatic carbocycles. The third kappa shape index (κ3) is 3.53. The van der Waals surface area contributed by atoms with Crippen LogP contribution in [0.25, 0.3) is 0 Å². The minimum atomic E-state index is -0.490. The smallest absolute Gasteiger partial charge is 0.258 e. The Labute approximate surface area is 131 Å². The Hall–Kier alpha value is -2.16. The molecule has 0 atom stereocenters. The van der Waals surface area contributed by atoms with Gasteiger partial charge in [0, 0.05) is 5.69 Å². The molecule has 0 spiro atoms. The largest absolute Gasteiger partial charge is 0.322 e. The Morgan fingerprint density at radius 2 is 1.77 bits per heavy atom. The van der Waals surface area contributed by atoms with Crippen LogP contribution in [0.3, 0.4) is 0 Å². The van der Waals surface area contributed by atoms with Gasteiger partial charge in [0.05, 0.1) is 5.56 Å². The number of anilines is 1. The fraction of sp³-hybridized carbons (Fsp3) is 0.316. The Morgan fingerprint density at radius 3 is 2.36 bits per heavy atom. The van der Waals surface area contributed by atoms with Crippen LogP contribution in [-0.2, 0) is 5.41 Å². The molecule has 2 aromatic rings. The Morgan fingerprint density at radius 1 is 1.09 bits per heavy atom. The summed E-state index contributed by atoms with van der Waals surface area (Å²) in [7, 11) is 0. The van der Waals surface area contributed by atoms with E-state index in [1.807, 2.05) is 32.0 Å². The molecule has 2 aromatic carbocycles. The molecular formula is C19H22FNO. The van der Waals surface area contributed by atoms with Crippen LogP contribution in [-0.4, -0.2) is 5.91 Å². The van der Waals surface area contributed by atoms with Crippen molar-refractivity contribution < 1.29 is 9.18 Å². The second-order valence-electron chi connectivity index (χ2n) is 6.72. The van der Waals surface area contributed by atoms with Crippen molar-refractivity contribution in [2.45, 2.75) is 40.0 Å². The van der Waals surface area contributed by atoms with Crippen molar-refractivity contribution in [2.75, 3.05) is 5.32 Å². The summed E-state index contributed by atoms with van der Waals surface area (Å²) in [6, 6.07) is 10.6. The van der Waals surface area contributed by atoms with Gasteiger partial charge in [0.1, 0.15) is 5.82 Å². The Kier molecular flexibility index (Phi) is 4.36. The van der Waals surface area contributed by atoms with Crippen LogP contribution in [0.4, 0.5) is 10.1 Å². The first-order valence-electron chi connectivity index (χ1n) is 7.37. The molecule has 0 unspecified atom stereocenters. The zero-order chi connectivity index (χ0) is 16.5. The molecular weight excluding hydrogens is 277 g/mol. The quantitative estimate of drug-likeness (QED) is 0.831. The predicted molar refractivity (Wildman–Crippen MR) is 89.0 cm³/mol. The number of hydrogen-bond donors (Lipinski definition) is 1. The number of carbonyl (C=O) groups is 1. The van der Waals surface area contributed by atoms with Crippen LogP contribution >= 0.6 is 0 Å². The molecule has 0 aromatic heterocycles. The molecule has 0 bridgehead atoms. The summed E-state index contributed by atoms with van der Waals surface area (Å²) >= 11 is 0. The van der Waals surface area contributed by atoms with Gasteiger partial charge in [0.15, 0.2) is 0 Å². The fourth-order valence-corrected chi connectivity index (χ4v) is 2.58. The summed E-state index contributed by atoms with van der Waals surface area (Å²) in [6.07, 6.45) is 0. The molecule has 3 heteroatoms. The van der Waals surface area contributed by atoms with E-state index in [2.05, 4.69) is 26.1 Å². The van der Waals surface area contributed by atoms with Gasteiger partial charge in [0.25, 0.3) is 5.91 Å². The van der Waals surface area contributed by atoms with Crippen LogP contribution in [0.1, 0.15) is 47.8 Å². The summed E-state index contributed by atoms with van der Waals surface area (Å²) in [4.78, 5) is 12.4. The molecule has 22 heavy (non-hydrogen) atoms. The Bertz CT molecular complexity index is 714. The van der Waals surface area contributed by atoms with E-state index in [-0.39, 0.29) is 11.0 Å². The second kappa shape index (κ2) is 5.91. The molecule has 116 valence electrons. The molecule has 1 amide bonds. The van der Waals surface area contributed by atoms with Crippen molar-refractivity contribution in [3.05, 3.63) is 64.5 Å². The average molecular weight is 299 g/mol. The topological polar surface area (TPSA) is 29.1 Å². The van der Waals surface area contributed by atoms with Gasteiger partial charge in [-0.2, -0.15) is 0 Å². The van der Waals surface area contributed by atoms with Crippen molar-refractivity contribution >= 4 is 11.6 Å². The summed E-state index contributed by atoms with van der Waals surface area (Å²) in [5, 5.41) is 2.76. The average Bonchev–Trinajstić information content (AvgIpc) is 2.36. The normalized spacial score (nSPS) is 11.4. The van der Waals surface area contributed by atoms with Gasteiger partial charge in [-0.15, -0.1) is 0 Å². The van der Waals surface area contributed by atoms with E-state index in [1.165, 1.54) is 6.07 Å². The maximum Gasteiger partial charge on any atom is 0.258 e. The van der Waals surface area contributed by atoms with Crippen molar-refractivity contribution in [1.82, 2.24) is 0 Å². The number of rotatable bonds is 2. The fourth-order valence-electron chi connectivity index (χ4n) is 2.58. The van der Waals surface area contributed by atoms with Gasteiger partial charge < -0.3 is 5.32 Å². The van der Waals surface area contributed by atoms with Crippen molar-refractivity contribution in [3.8, 4) is 0 Å². The van der Waals surface area contributed by atoms with Crippen LogP contribution in [0.15, 0.2) is 36.4 Å². The number of halogens is 1. The van der Waals surface area contributed by atoms with Crippen LogP contribution < -0.4 is 5.32 Å². The number of nitrogens with one attached hydrogen (secondary N) is 1. The molecule has 0 aliphatic rings. The van der Waals surface area contributed by atoms with E-state index >= 15 is 0 Å². The van der Waals surface area contributed by atoms with Gasteiger partial charge in [-0.05, 0) is 60.2 Å². The third-order valence-electron chi connectivity index (χ3n) is 3.64. The lowest BCUT2D eigenvalue weighted by Crippen LogP contribution is -2.18. The van der Waals surface area contributed by atoms with Crippen molar-refractivity contribution in [2.24, 2.45) is 0 Å². The number of carbonyl (C=O) groups excluding carboxylic acids is 1. The van der Waals surface area contributed by atoms with E-state index in [0.717, 1.165) is 16.7 Å².